The number of halogens is 1. The average molecular weight is 330 g/mol. The van der Waals surface area contributed by atoms with Gasteiger partial charge in [0.2, 0.25) is 0 Å². The first-order chi connectivity index (χ1) is 11.7. The second-order valence-corrected chi connectivity index (χ2v) is 5.72. The summed E-state index contributed by atoms with van der Waals surface area (Å²) in [6, 6.07) is 31.4. The SMILES string of the molecule is C.Cc1ccc2ccccc2c1.Fc1ccc(-c2ccccc2)cc1. The molecule has 4 aromatic rings. The molecule has 0 aliphatic rings. The molecule has 0 nitrogen and oxygen atoms in total. The van der Waals surface area contributed by atoms with Gasteiger partial charge in [-0.3, -0.25) is 0 Å². The molecule has 0 fully saturated rings. The van der Waals surface area contributed by atoms with E-state index in [1.807, 2.05) is 30.3 Å². The Morgan fingerprint density at radius 3 is 1.80 bits per heavy atom. The van der Waals surface area contributed by atoms with E-state index in [4.69, 9.17) is 0 Å². The molecule has 0 aromatic heterocycles. The maximum Gasteiger partial charge on any atom is 0.123 e. The average Bonchev–Trinajstić information content (AvgIpc) is 2.63. The van der Waals surface area contributed by atoms with E-state index >= 15 is 0 Å². The van der Waals surface area contributed by atoms with Crippen molar-refractivity contribution in [2.24, 2.45) is 0 Å². The van der Waals surface area contributed by atoms with Gasteiger partial charge in [0, 0.05) is 0 Å². The summed E-state index contributed by atoms with van der Waals surface area (Å²) < 4.78 is 12.6. The van der Waals surface area contributed by atoms with Crippen molar-refractivity contribution in [3.63, 3.8) is 0 Å². The maximum absolute atomic E-state index is 12.6. The van der Waals surface area contributed by atoms with Gasteiger partial charge in [-0.15, -0.1) is 0 Å². The van der Waals surface area contributed by atoms with Gasteiger partial charge in [-0.2, -0.15) is 0 Å². The maximum atomic E-state index is 12.6. The first-order valence-electron chi connectivity index (χ1n) is 7.99. The lowest BCUT2D eigenvalue weighted by Crippen LogP contribution is -1.77. The molecule has 0 atom stereocenters. The van der Waals surface area contributed by atoms with Gasteiger partial charge in [0.05, 0.1) is 0 Å². The van der Waals surface area contributed by atoms with Crippen LogP contribution in [0.3, 0.4) is 0 Å². The molecule has 0 heterocycles. The minimum Gasteiger partial charge on any atom is -0.207 e. The van der Waals surface area contributed by atoms with Crippen molar-refractivity contribution in [3.05, 3.63) is 108 Å². The number of hydrogen-bond donors (Lipinski definition) is 0. The van der Waals surface area contributed by atoms with E-state index in [9.17, 15) is 4.39 Å². The molecule has 0 amide bonds. The molecule has 0 aliphatic heterocycles. The van der Waals surface area contributed by atoms with Gasteiger partial charge in [0.15, 0.2) is 0 Å². The zero-order chi connectivity index (χ0) is 16.8. The molecular formula is C24H23F. The summed E-state index contributed by atoms with van der Waals surface area (Å²) in [5, 5.41) is 2.64. The molecule has 0 spiro atoms. The highest BCUT2D eigenvalue weighted by atomic mass is 19.1. The largest absolute Gasteiger partial charge is 0.207 e. The van der Waals surface area contributed by atoms with Gasteiger partial charge in [0.1, 0.15) is 5.82 Å². The molecule has 25 heavy (non-hydrogen) atoms. The normalized spacial score (nSPS) is 9.68. The quantitative estimate of drug-likeness (QED) is 0.344. The highest BCUT2D eigenvalue weighted by Crippen LogP contribution is 2.18. The highest BCUT2D eigenvalue weighted by Gasteiger charge is 1.95. The summed E-state index contributed by atoms with van der Waals surface area (Å²) >= 11 is 0. The van der Waals surface area contributed by atoms with Crippen molar-refractivity contribution in [2.75, 3.05) is 0 Å². The fourth-order valence-corrected chi connectivity index (χ4v) is 2.58. The van der Waals surface area contributed by atoms with E-state index in [1.165, 1.54) is 28.5 Å². The number of aryl methyl sites for hydroxylation is 1. The standard InChI is InChI=1S/C12H9F.C11H10.CH4/c13-12-8-6-11(7-9-12)10-4-2-1-3-5-10;1-9-6-7-10-4-2-3-5-11(10)8-9;/h1-9H;2-8H,1H3;1H4. The Morgan fingerprint density at radius 2 is 1.12 bits per heavy atom. The molecule has 0 N–H and O–H groups in total. The molecule has 0 saturated carbocycles. The lowest BCUT2D eigenvalue weighted by Gasteiger charge is -1.99. The number of fused-ring (bicyclic) bond motifs is 1. The molecule has 0 radical (unpaired) electrons. The Labute approximate surface area is 149 Å². The minimum absolute atomic E-state index is 0. The lowest BCUT2D eigenvalue weighted by atomic mass is 10.1. The summed E-state index contributed by atoms with van der Waals surface area (Å²) in [6.45, 7) is 2.12. The Morgan fingerprint density at radius 1 is 0.560 bits per heavy atom. The second-order valence-electron chi connectivity index (χ2n) is 5.72. The van der Waals surface area contributed by atoms with E-state index in [0.717, 1.165) is 11.1 Å². The van der Waals surface area contributed by atoms with Crippen LogP contribution in [-0.2, 0) is 0 Å². The Balaban J connectivity index is 0.000000175. The van der Waals surface area contributed by atoms with Gasteiger partial charge >= 0.3 is 0 Å². The third-order valence-corrected chi connectivity index (χ3v) is 3.86. The highest BCUT2D eigenvalue weighted by molar-refractivity contribution is 5.82. The summed E-state index contributed by atoms with van der Waals surface area (Å²) in [4.78, 5) is 0. The van der Waals surface area contributed by atoms with Gasteiger partial charge in [-0.25, -0.2) is 4.39 Å². The van der Waals surface area contributed by atoms with Gasteiger partial charge in [-0.1, -0.05) is 97.9 Å². The third kappa shape index (κ3) is 5.02. The van der Waals surface area contributed by atoms with Crippen molar-refractivity contribution < 1.29 is 4.39 Å². The molecule has 0 saturated heterocycles. The molecule has 1 heteroatoms. The van der Waals surface area contributed by atoms with Crippen LogP contribution in [0.2, 0.25) is 0 Å². The topological polar surface area (TPSA) is 0 Å². The summed E-state index contributed by atoms with van der Waals surface area (Å²) in [5.74, 6) is -0.195. The van der Waals surface area contributed by atoms with Crippen molar-refractivity contribution in [1.29, 1.82) is 0 Å². The first kappa shape index (κ1) is 18.4. The Hall–Kier alpha value is -2.93. The van der Waals surface area contributed by atoms with Gasteiger partial charge < -0.3 is 0 Å². The number of benzene rings is 4. The van der Waals surface area contributed by atoms with E-state index in [1.54, 1.807) is 12.1 Å². The van der Waals surface area contributed by atoms with Crippen molar-refractivity contribution >= 4 is 10.8 Å². The molecule has 126 valence electrons. The van der Waals surface area contributed by atoms with Crippen molar-refractivity contribution in [2.45, 2.75) is 14.4 Å². The summed E-state index contributed by atoms with van der Waals surface area (Å²) in [5.41, 5.74) is 3.48. The van der Waals surface area contributed by atoms with Gasteiger partial charge in [0.25, 0.3) is 0 Å². The van der Waals surface area contributed by atoms with Crippen LogP contribution in [0.1, 0.15) is 13.0 Å². The molecular weight excluding hydrogens is 307 g/mol. The number of hydrogen-bond acceptors (Lipinski definition) is 0. The first-order valence-corrected chi connectivity index (χ1v) is 7.99. The minimum atomic E-state index is -0.195. The van der Waals surface area contributed by atoms with Crippen LogP contribution in [0.25, 0.3) is 21.9 Å². The second kappa shape index (κ2) is 8.79. The Bertz CT molecular complexity index is 909. The zero-order valence-corrected chi connectivity index (χ0v) is 13.6. The van der Waals surface area contributed by atoms with Crippen LogP contribution in [0.15, 0.2) is 97.1 Å². The fourth-order valence-electron chi connectivity index (χ4n) is 2.58. The molecule has 0 unspecified atom stereocenters. The van der Waals surface area contributed by atoms with Crippen molar-refractivity contribution in [3.8, 4) is 11.1 Å². The predicted molar refractivity (Wildman–Crippen MR) is 107 cm³/mol. The smallest absolute Gasteiger partial charge is 0.123 e. The van der Waals surface area contributed by atoms with Crippen LogP contribution in [0.4, 0.5) is 4.39 Å². The van der Waals surface area contributed by atoms with Crippen LogP contribution < -0.4 is 0 Å². The molecule has 0 bridgehead atoms. The van der Waals surface area contributed by atoms with Crippen LogP contribution in [-0.4, -0.2) is 0 Å². The monoisotopic (exact) mass is 330 g/mol. The Kier molecular flexibility index (Phi) is 6.47. The predicted octanol–water partition coefficient (Wildman–Crippen LogP) is 7.28. The summed E-state index contributed by atoms with van der Waals surface area (Å²) in [6.07, 6.45) is 0. The van der Waals surface area contributed by atoms with E-state index in [2.05, 4.69) is 49.4 Å². The molecule has 4 aromatic carbocycles. The lowest BCUT2D eigenvalue weighted by molar-refractivity contribution is 0.628. The summed E-state index contributed by atoms with van der Waals surface area (Å²) in [7, 11) is 0. The molecule has 4 rings (SSSR count). The molecule has 0 aliphatic carbocycles. The van der Waals surface area contributed by atoms with Crippen LogP contribution >= 0.6 is 0 Å². The van der Waals surface area contributed by atoms with E-state index in [0.29, 0.717) is 0 Å². The third-order valence-electron chi connectivity index (χ3n) is 3.86. The van der Waals surface area contributed by atoms with Crippen LogP contribution in [0.5, 0.6) is 0 Å². The van der Waals surface area contributed by atoms with E-state index < -0.39 is 0 Å². The zero-order valence-electron chi connectivity index (χ0n) is 13.6. The van der Waals surface area contributed by atoms with Crippen molar-refractivity contribution in [1.82, 2.24) is 0 Å². The number of rotatable bonds is 1. The fraction of sp³-hybridized carbons (Fsp3) is 0.0833. The van der Waals surface area contributed by atoms with Gasteiger partial charge in [-0.05, 0) is 41.0 Å². The van der Waals surface area contributed by atoms with E-state index in [-0.39, 0.29) is 13.2 Å². The van der Waals surface area contributed by atoms with Crippen LogP contribution in [0, 0.1) is 12.7 Å².